The third kappa shape index (κ3) is 5.28. The van der Waals surface area contributed by atoms with Gasteiger partial charge in [0.25, 0.3) is 0 Å². The summed E-state index contributed by atoms with van der Waals surface area (Å²) in [7, 11) is -3.67. The van der Waals surface area contributed by atoms with E-state index in [4.69, 9.17) is 11.6 Å². The number of hydrogen-bond donors (Lipinski definition) is 0. The van der Waals surface area contributed by atoms with Crippen LogP contribution in [0.1, 0.15) is 18.4 Å². The molecule has 0 spiro atoms. The number of halogens is 4. The van der Waals surface area contributed by atoms with Crippen molar-refractivity contribution in [2.45, 2.75) is 12.8 Å². The molecule has 0 bridgehead atoms. The van der Waals surface area contributed by atoms with Crippen molar-refractivity contribution in [1.29, 1.82) is 0 Å². The number of aromatic nitrogens is 1. The molecule has 1 aromatic carbocycles. The molecule has 1 aliphatic rings. The molecular weight excluding hydrogens is 300 g/mol. The van der Waals surface area contributed by atoms with Crippen molar-refractivity contribution in [3.8, 4) is 0 Å². The van der Waals surface area contributed by atoms with Gasteiger partial charge in [0.15, 0.2) is 0 Å². The van der Waals surface area contributed by atoms with E-state index in [1.54, 1.807) is 6.20 Å². The zero-order valence-electron chi connectivity index (χ0n) is 10.3. The number of fused-ring (bicyclic) bond motifs is 1. The Hall–Kier alpha value is 0.281. The molecule has 0 aliphatic heterocycles. The average Bonchev–Trinajstić information content (AvgIpc) is 3.12. The van der Waals surface area contributed by atoms with Gasteiger partial charge in [-0.15, -0.1) is 0 Å². The second kappa shape index (κ2) is 7.90. The number of hydrogen-bond acceptors (Lipinski definition) is 1. The van der Waals surface area contributed by atoms with Crippen molar-refractivity contribution in [1.82, 2.24) is 4.98 Å². The summed E-state index contributed by atoms with van der Waals surface area (Å²) >= 11 is 6.10. The van der Waals surface area contributed by atoms with E-state index >= 15 is 0 Å². The van der Waals surface area contributed by atoms with E-state index in [1.165, 1.54) is 24.3 Å². The van der Waals surface area contributed by atoms with Gasteiger partial charge < -0.3 is 0 Å². The van der Waals surface area contributed by atoms with Gasteiger partial charge in [0.1, 0.15) is 0 Å². The van der Waals surface area contributed by atoms with Crippen LogP contribution >= 0.6 is 11.6 Å². The molecule has 2 aromatic rings. The summed E-state index contributed by atoms with van der Waals surface area (Å²) < 4.78 is 29.0. The first-order valence-corrected chi connectivity index (χ1v) is 5.77. The normalized spacial score (nSPS) is 12.3. The Bertz CT molecular complexity index is 549. The van der Waals surface area contributed by atoms with Crippen LogP contribution in [0.15, 0.2) is 30.5 Å². The number of nitrogens with zero attached hydrogens (tertiary/aromatic N) is 1. The van der Waals surface area contributed by atoms with Gasteiger partial charge in [0.05, 0.1) is 0 Å². The van der Waals surface area contributed by atoms with Gasteiger partial charge in [-0.3, -0.25) is 17.9 Å². The van der Waals surface area contributed by atoms with Crippen molar-refractivity contribution in [3.05, 3.63) is 47.0 Å². The van der Waals surface area contributed by atoms with Gasteiger partial charge in [-0.2, -0.15) is 23.6 Å². The van der Waals surface area contributed by atoms with E-state index in [0.29, 0.717) is 0 Å². The first kappa shape index (κ1) is 17.3. The first-order chi connectivity index (χ1) is 8.58. The summed E-state index contributed by atoms with van der Waals surface area (Å²) in [6.45, 7) is 0. The van der Waals surface area contributed by atoms with Crippen LogP contribution in [0.3, 0.4) is 0 Å². The van der Waals surface area contributed by atoms with Crippen molar-refractivity contribution < 1.29 is 64.3 Å². The molecule has 0 amide bonds. The third-order valence-electron chi connectivity index (χ3n) is 2.60. The molecule has 94 valence electrons. The van der Waals surface area contributed by atoms with Crippen molar-refractivity contribution in [3.63, 3.8) is 0 Å². The third-order valence-corrected chi connectivity index (χ3v) is 2.93. The van der Waals surface area contributed by atoms with Crippen molar-refractivity contribution in [2.24, 2.45) is 0 Å². The second-order valence-corrected chi connectivity index (χ2v) is 4.28. The van der Waals surface area contributed by atoms with Crippen LogP contribution in [0.2, 0.25) is 5.02 Å². The molecule has 0 saturated heterocycles. The van der Waals surface area contributed by atoms with Crippen molar-refractivity contribution in [2.75, 3.05) is 0 Å². The standard InChI is InChI=1S/C12H9ClN.BF3.K/c13-11-5-6-14-12-4-3-9(7-10(11)12)8-1-2-8;2-1(3)4;/h3-7H,1-2H2;;/q-1;;+1. The maximum Gasteiger partial charge on any atom is 1.00 e. The Balaban J connectivity index is 0.000000323. The van der Waals surface area contributed by atoms with Gasteiger partial charge in [-0.1, -0.05) is 30.5 Å². The molecular formula is C12H9BClF3KN. The van der Waals surface area contributed by atoms with E-state index in [-0.39, 0.29) is 51.4 Å². The summed E-state index contributed by atoms with van der Waals surface area (Å²) in [6, 6.07) is 8.16. The van der Waals surface area contributed by atoms with Crippen molar-refractivity contribution >= 4 is 30.0 Å². The summed E-state index contributed by atoms with van der Waals surface area (Å²) in [6.07, 6.45) is 4.22. The predicted octanol–water partition coefficient (Wildman–Crippen LogP) is 1.49. The molecule has 1 aromatic heterocycles. The van der Waals surface area contributed by atoms with Crippen LogP contribution in [0.5, 0.6) is 0 Å². The fourth-order valence-corrected chi connectivity index (χ4v) is 1.89. The Morgan fingerprint density at radius 1 is 1.16 bits per heavy atom. The van der Waals surface area contributed by atoms with Crippen LogP contribution in [0.25, 0.3) is 10.9 Å². The largest absolute Gasteiger partial charge is 1.00 e. The minimum atomic E-state index is -3.67. The molecule has 0 N–H and O–H groups in total. The molecule has 1 fully saturated rings. The maximum absolute atomic E-state index is 9.67. The Labute approximate surface area is 157 Å². The quantitative estimate of drug-likeness (QED) is 0.574. The van der Waals surface area contributed by atoms with Gasteiger partial charge in [-0.25, -0.2) is 0 Å². The molecule has 0 unspecified atom stereocenters. The second-order valence-electron chi connectivity index (χ2n) is 3.88. The Kier molecular flexibility index (Phi) is 7.21. The molecule has 0 atom stereocenters. The minimum absolute atomic E-state index is 0. The van der Waals surface area contributed by atoms with Crippen LogP contribution < -0.4 is 51.4 Å². The molecule has 0 radical (unpaired) electrons. The van der Waals surface area contributed by atoms with Gasteiger partial charge >= 0.3 is 58.9 Å². The van der Waals surface area contributed by atoms with E-state index < -0.39 is 7.54 Å². The summed E-state index contributed by atoms with van der Waals surface area (Å²) in [4.78, 5) is 4.27. The zero-order valence-corrected chi connectivity index (χ0v) is 14.2. The Morgan fingerprint density at radius 2 is 1.79 bits per heavy atom. The van der Waals surface area contributed by atoms with Gasteiger partial charge in [0, 0.05) is 16.7 Å². The number of benzene rings is 1. The number of rotatable bonds is 1. The molecule has 1 nitrogen and oxygen atoms in total. The van der Waals surface area contributed by atoms with E-state index in [0.717, 1.165) is 15.9 Å². The zero-order chi connectivity index (χ0) is 13.1. The van der Waals surface area contributed by atoms with E-state index in [9.17, 15) is 12.9 Å². The predicted molar refractivity (Wildman–Crippen MR) is 67.4 cm³/mol. The van der Waals surface area contributed by atoms with Gasteiger partial charge in [0.2, 0.25) is 0 Å². The van der Waals surface area contributed by atoms with Crippen LogP contribution in [-0.2, 0) is 0 Å². The summed E-state index contributed by atoms with van der Waals surface area (Å²) in [5.41, 5.74) is 2.30. The Morgan fingerprint density at radius 3 is 2.37 bits per heavy atom. The molecule has 7 heteroatoms. The molecule has 3 rings (SSSR count). The van der Waals surface area contributed by atoms with Crippen LogP contribution in [0.4, 0.5) is 12.9 Å². The minimum Gasteiger partial charge on any atom is -0.258 e. The van der Waals surface area contributed by atoms with Crippen LogP contribution in [0, 0.1) is 5.92 Å². The average molecular weight is 310 g/mol. The summed E-state index contributed by atoms with van der Waals surface area (Å²) in [5, 5.41) is 1.85. The van der Waals surface area contributed by atoms with E-state index in [2.05, 4.69) is 17.1 Å². The molecule has 1 heterocycles. The maximum atomic E-state index is 9.67. The van der Waals surface area contributed by atoms with E-state index in [1.807, 2.05) is 12.1 Å². The fraction of sp³-hybridized carbons (Fsp3) is 0.167. The van der Waals surface area contributed by atoms with Gasteiger partial charge in [-0.05, 0) is 11.5 Å². The summed E-state index contributed by atoms with van der Waals surface area (Å²) in [5.74, 6) is 1.53. The molecule has 1 aliphatic carbocycles. The molecule has 1 saturated carbocycles. The monoisotopic (exact) mass is 309 g/mol. The smallest absolute Gasteiger partial charge is 0.258 e. The topological polar surface area (TPSA) is 12.9 Å². The molecule has 19 heavy (non-hydrogen) atoms. The van der Waals surface area contributed by atoms with Crippen LogP contribution in [-0.4, -0.2) is 12.5 Å². The fourth-order valence-electron chi connectivity index (χ4n) is 1.68. The SMILES string of the molecule is Clc1ccnc2ccc([C-]3CC3)cc12.FB(F)F.[K+]. The first-order valence-electron chi connectivity index (χ1n) is 5.39. The number of pyridine rings is 1.